The van der Waals surface area contributed by atoms with Gasteiger partial charge in [0.25, 0.3) is 11.6 Å². The van der Waals surface area contributed by atoms with Gasteiger partial charge in [0.15, 0.2) is 0 Å². The Bertz CT molecular complexity index is 569. The minimum atomic E-state index is -0.534. The third-order valence-electron chi connectivity index (χ3n) is 3.11. The van der Waals surface area contributed by atoms with E-state index >= 15 is 0 Å². The molecule has 0 aromatic heterocycles. The van der Waals surface area contributed by atoms with Gasteiger partial charge in [0.05, 0.1) is 15.5 Å². The molecule has 1 aliphatic rings. The summed E-state index contributed by atoms with van der Waals surface area (Å²) in [6.07, 6.45) is 2.80. The Balaban J connectivity index is 2.28. The molecule has 6 heteroatoms. The van der Waals surface area contributed by atoms with E-state index in [1.807, 2.05) is 13.0 Å². The van der Waals surface area contributed by atoms with Gasteiger partial charge in [-0.1, -0.05) is 23.3 Å². The lowest BCUT2D eigenvalue weighted by Gasteiger charge is -2.25. The molecular weight excluding hydrogens is 268 g/mol. The van der Waals surface area contributed by atoms with Gasteiger partial charge in [-0.3, -0.25) is 14.9 Å². The SMILES string of the molecule is CC1=CCN(C(=O)c2cc([N+](=O)[O-])ccc2Cl)CC1. The first-order chi connectivity index (χ1) is 8.99. The lowest BCUT2D eigenvalue weighted by Crippen LogP contribution is -2.34. The maximum Gasteiger partial charge on any atom is 0.270 e. The standard InChI is InChI=1S/C13H13ClN2O3/c1-9-4-6-15(7-5-9)13(17)11-8-10(16(18)19)2-3-12(11)14/h2-4,8H,5-7H2,1H3. The van der Waals surface area contributed by atoms with Crippen LogP contribution in [0.25, 0.3) is 0 Å². The maximum absolute atomic E-state index is 12.3. The quantitative estimate of drug-likeness (QED) is 0.475. The van der Waals surface area contributed by atoms with E-state index in [-0.39, 0.29) is 22.2 Å². The van der Waals surface area contributed by atoms with Crippen molar-refractivity contribution in [2.75, 3.05) is 13.1 Å². The Morgan fingerprint density at radius 1 is 1.47 bits per heavy atom. The van der Waals surface area contributed by atoms with Gasteiger partial charge in [0, 0.05) is 25.2 Å². The Kier molecular flexibility index (Phi) is 3.85. The number of nitro benzene ring substituents is 1. The Morgan fingerprint density at radius 2 is 2.21 bits per heavy atom. The third kappa shape index (κ3) is 2.93. The summed E-state index contributed by atoms with van der Waals surface area (Å²) in [5.41, 5.74) is 1.30. The highest BCUT2D eigenvalue weighted by molar-refractivity contribution is 6.33. The van der Waals surface area contributed by atoms with Gasteiger partial charge in [0.1, 0.15) is 0 Å². The van der Waals surface area contributed by atoms with E-state index in [0.717, 1.165) is 6.42 Å². The van der Waals surface area contributed by atoms with Gasteiger partial charge < -0.3 is 4.90 Å². The normalized spacial score (nSPS) is 15.1. The van der Waals surface area contributed by atoms with E-state index in [4.69, 9.17) is 11.6 Å². The molecule has 0 N–H and O–H groups in total. The maximum atomic E-state index is 12.3. The van der Waals surface area contributed by atoms with Crippen LogP contribution in [0.1, 0.15) is 23.7 Å². The third-order valence-corrected chi connectivity index (χ3v) is 3.44. The van der Waals surface area contributed by atoms with E-state index in [1.165, 1.54) is 23.8 Å². The number of nitrogens with zero attached hydrogens (tertiary/aromatic N) is 2. The van der Waals surface area contributed by atoms with Crippen molar-refractivity contribution in [1.29, 1.82) is 0 Å². The Hall–Kier alpha value is -1.88. The first-order valence-electron chi connectivity index (χ1n) is 5.88. The average Bonchev–Trinajstić information content (AvgIpc) is 2.39. The van der Waals surface area contributed by atoms with Crippen LogP contribution in [0.2, 0.25) is 5.02 Å². The summed E-state index contributed by atoms with van der Waals surface area (Å²) in [4.78, 5) is 24.1. The fraction of sp³-hybridized carbons (Fsp3) is 0.308. The molecule has 0 saturated carbocycles. The average molecular weight is 281 g/mol. The zero-order valence-electron chi connectivity index (χ0n) is 10.4. The van der Waals surface area contributed by atoms with Gasteiger partial charge in [-0.2, -0.15) is 0 Å². The highest BCUT2D eigenvalue weighted by atomic mass is 35.5. The molecule has 1 heterocycles. The van der Waals surface area contributed by atoms with E-state index in [9.17, 15) is 14.9 Å². The summed E-state index contributed by atoms with van der Waals surface area (Å²) in [6, 6.07) is 3.91. The van der Waals surface area contributed by atoms with Crippen LogP contribution < -0.4 is 0 Å². The summed E-state index contributed by atoms with van der Waals surface area (Å²) < 4.78 is 0. The lowest BCUT2D eigenvalue weighted by atomic mass is 10.1. The van der Waals surface area contributed by atoms with Crippen molar-refractivity contribution in [2.45, 2.75) is 13.3 Å². The predicted octanol–water partition coefficient (Wildman–Crippen LogP) is 3.04. The van der Waals surface area contributed by atoms with Crippen LogP contribution in [0.15, 0.2) is 29.8 Å². The van der Waals surface area contributed by atoms with Crippen molar-refractivity contribution >= 4 is 23.2 Å². The number of hydrogen-bond donors (Lipinski definition) is 0. The monoisotopic (exact) mass is 280 g/mol. The van der Waals surface area contributed by atoms with Crippen molar-refractivity contribution in [1.82, 2.24) is 4.90 Å². The van der Waals surface area contributed by atoms with Gasteiger partial charge in [0.2, 0.25) is 0 Å². The van der Waals surface area contributed by atoms with Crippen molar-refractivity contribution in [3.63, 3.8) is 0 Å². The summed E-state index contributed by atoms with van der Waals surface area (Å²) in [7, 11) is 0. The Morgan fingerprint density at radius 3 is 2.79 bits per heavy atom. The zero-order valence-corrected chi connectivity index (χ0v) is 11.2. The second-order valence-corrected chi connectivity index (χ2v) is 4.88. The van der Waals surface area contributed by atoms with Crippen molar-refractivity contribution < 1.29 is 9.72 Å². The van der Waals surface area contributed by atoms with Crippen LogP contribution in [0, 0.1) is 10.1 Å². The van der Waals surface area contributed by atoms with E-state index in [1.54, 1.807) is 4.90 Å². The fourth-order valence-electron chi connectivity index (χ4n) is 1.92. The van der Waals surface area contributed by atoms with Crippen molar-refractivity contribution in [2.24, 2.45) is 0 Å². The summed E-state index contributed by atoms with van der Waals surface area (Å²) in [6.45, 7) is 3.14. The molecule has 0 bridgehead atoms. The molecule has 1 aromatic rings. The highest BCUT2D eigenvalue weighted by Crippen LogP contribution is 2.24. The second kappa shape index (κ2) is 5.40. The number of carbonyl (C=O) groups excluding carboxylic acids is 1. The minimum absolute atomic E-state index is 0.128. The van der Waals surface area contributed by atoms with Crippen LogP contribution in [0.4, 0.5) is 5.69 Å². The molecular formula is C13H13ClN2O3. The largest absolute Gasteiger partial charge is 0.335 e. The number of halogens is 1. The first-order valence-corrected chi connectivity index (χ1v) is 6.25. The van der Waals surface area contributed by atoms with Crippen molar-refractivity contribution in [3.8, 4) is 0 Å². The van der Waals surface area contributed by atoms with E-state index in [0.29, 0.717) is 13.1 Å². The molecule has 0 spiro atoms. The molecule has 19 heavy (non-hydrogen) atoms. The molecule has 0 saturated heterocycles. The topological polar surface area (TPSA) is 63.5 Å². The molecule has 1 aliphatic heterocycles. The van der Waals surface area contributed by atoms with Crippen LogP contribution >= 0.6 is 11.6 Å². The molecule has 0 aliphatic carbocycles. The molecule has 0 atom stereocenters. The number of carbonyl (C=O) groups is 1. The lowest BCUT2D eigenvalue weighted by molar-refractivity contribution is -0.384. The molecule has 5 nitrogen and oxygen atoms in total. The Labute approximate surface area is 115 Å². The summed E-state index contributed by atoms with van der Waals surface area (Å²) >= 11 is 5.96. The number of non-ortho nitro benzene ring substituents is 1. The van der Waals surface area contributed by atoms with Crippen molar-refractivity contribution in [3.05, 3.63) is 50.5 Å². The molecule has 1 amide bonds. The molecule has 0 unspecified atom stereocenters. The molecule has 1 aromatic carbocycles. The second-order valence-electron chi connectivity index (χ2n) is 4.47. The molecule has 100 valence electrons. The summed E-state index contributed by atoms with van der Waals surface area (Å²) in [5, 5.41) is 11.0. The van der Waals surface area contributed by atoms with Gasteiger partial charge >= 0.3 is 0 Å². The number of benzene rings is 1. The molecule has 0 radical (unpaired) electrons. The van der Waals surface area contributed by atoms with Crippen LogP contribution in [-0.4, -0.2) is 28.8 Å². The number of rotatable bonds is 2. The smallest absolute Gasteiger partial charge is 0.270 e. The molecule has 0 fully saturated rings. The van der Waals surface area contributed by atoms with Crippen LogP contribution in [-0.2, 0) is 0 Å². The number of hydrogen-bond acceptors (Lipinski definition) is 3. The van der Waals surface area contributed by atoms with E-state index in [2.05, 4.69) is 0 Å². The van der Waals surface area contributed by atoms with Gasteiger partial charge in [-0.25, -0.2) is 0 Å². The van der Waals surface area contributed by atoms with Crippen LogP contribution in [0.3, 0.4) is 0 Å². The number of amides is 1. The zero-order chi connectivity index (χ0) is 14.0. The number of nitro groups is 1. The first kappa shape index (κ1) is 13.5. The van der Waals surface area contributed by atoms with Gasteiger partial charge in [-0.05, 0) is 19.4 Å². The minimum Gasteiger partial charge on any atom is -0.335 e. The fourth-order valence-corrected chi connectivity index (χ4v) is 2.11. The predicted molar refractivity (Wildman–Crippen MR) is 72.4 cm³/mol. The summed E-state index contributed by atoms with van der Waals surface area (Å²) in [5.74, 6) is -0.266. The highest BCUT2D eigenvalue weighted by Gasteiger charge is 2.22. The van der Waals surface area contributed by atoms with Crippen LogP contribution in [0.5, 0.6) is 0 Å². The van der Waals surface area contributed by atoms with Gasteiger partial charge in [-0.15, -0.1) is 0 Å². The molecule has 2 rings (SSSR count). The van der Waals surface area contributed by atoms with E-state index < -0.39 is 4.92 Å².